The summed E-state index contributed by atoms with van der Waals surface area (Å²) >= 11 is 0. The Morgan fingerprint density at radius 3 is 2.73 bits per heavy atom. The minimum Gasteiger partial charge on any atom is -0.457 e. The van der Waals surface area contributed by atoms with Crippen LogP contribution in [0.1, 0.15) is 15.9 Å². The minimum absolute atomic E-state index is 0. The van der Waals surface area contributed by atoms with Crippen LogP contribution in [0.15, 0.2) is 24.3 Å². The summed E-state index contributed by atoms with van der Waals surface area (Å²) in [6, 6.07) is 7.43. The maximum atomic E-state index is 10.8. The molecule has 2 nitrogen and oxygen atoms in total. The monoisotopic (exact) mass is 166 g/mol. The van der Waals surface area contributed by atoms with Gasteiger partial charge in [0.25, 0.3) is 0 Å². The Hall–Kier alpha value is -1.09. The van der Waals surface area contributed by atoms with E-state index in [-0.39, 0.29) is 16.9 Å². The van der Waals surface area contributed by atoms with E-state index in [0.29, 0.717) is 12.2 Å². The van der Waals surface area contributed by atoms with Gasteiger partial charge in [0.05, 0.1) is 5.56 Å². The first-order valence-electron chi connectivity index (χ1n) is 3.13. The Balaban J connectivity index is 0.000000605. The van der Waals surface area contributed by atoms with Crippen LogP contribution < -0.4 is 0 Å². The molecule has 1 aromatic carbocycles. The van der Waals surface area contributed by atoms with E-state index in [2.05, 4.69) is 0 Å². The molecular weight excluding hydrogens is 156 g/mol. The van der Waals surface area contributed by atoms with Gasteiger partial charge >= 0.3 is 5.97 Å². The summed E-state index contributed by atoms with van der Waals surface area (Å²) in [7, 11) is 0. The molecule has 0 fully saturated rings. The van der Waals surface area contributed by atoms with Crippen LogP contribution in [0, 0.1) is 0 Å². The molecule has 0 bridgehead atoms. The molecule has 3 heteroatoms. The predicted molar refractivity (Wildman–Crippen MR) is 46.9 cm³/mol. The summed E-state index contributed by atoms with van der Waals surface area (Å²) in [4.78, 5) is 10.8. The van der Waals surface area contributed by atoms with E-state index in [1.165, 1.54) is 0 Å². The van der Waals surface area contributed by atoms with Crippen LogP contribution in [0.3, 0.4) is 0 Å². The molecule has 0 saturated heterocycles. The lowest BCUT2D eigenvalue weighted by Crippen LogP contribution is -1.91. The number of hydrogen-bond acceptors (Lipinski definition) is 2. The molecule has 0 N–H and O–H groups in total. The van der Waals surface area contributed by atoms with Gasteiger partial charge < -0.3 is 4.74 Å². The number of esters is 1. The van der Waals surface area contributed by atoms with Crippen molar-refractivity contribution in [2.75, 3.05) is 0 Å². The van der Waals surface area contributed by atoms with E-state index < -0.39 is 0 Å². The lowest BCUT2D eigenvalue weighted by atomic mass is 10.1. The number of rotatable bonds is 0. The van der Waals surface area contributed by atoms with Crippen molar-refractivity contribution in [1.82, 2.24) is 0 Å². The maximum Gasteiger partial charge on any atom is 0.338 e. The van der Waals surface area contributed by atoms with Crippen molar-refractivity contribution in [2.24, 2.45) is 0 Å². The molecule has 0 saturated carbocycles. The average Bonchev–Trinajstić information content (AvgIpc) is 2.34. The first-order chi connectivity index (χ1) is 4.88. The molecule has 0 aromatic heterocycles. The van der Waals surface area contributed by atoms with Gasteiger partial charge in [-0.25, -0.2) is 4.79 Å². The van der Waals surface area contributed by atoms with Crippen molar-refractivity contribution < 1.29 is 9.53 Å². The predicted octanol–water partition coefficient (Wildman–Crippen LogP) is -0.0946. The number of carbonyl (C=O) groups is 1. The van der Waals surface area contributed by atoms with Gasteiger partial charge in [-0.1, -0.05) is 18.2 Å². The number of hydrogen-bond donors (Lipinski definition) is 0. The van der Waals surface area contributed by atoms with Crippen molar-refractivity contribution in [3.05, 3.63) is 35.4 Å². The Morgan fingerprint density at radius 1 is 1.27 bits per heavy atom. The Bertz CT molecular complexity index is 283. The second-order valence-electron chi connectivity index (χ2n) is 2.23. The molecular formula is C8H10O2Si. The number of carbonyl (C=O) groups excluding carboxylic acids is 1. The lowest BCUT2D eigenvalue weighted by molar-refractivity contribution is 0.0535. The average molecular weight is 166 g/mol. The summed E-state index contributed by atoms with van der Waals surface area (Å²) < 4.78 is 4.78. The smallest absolute Gasteiger partial charge is 0.338 e. The van der Waals surface area contributed by atoms with Crippen molar-refractivity contribution in [3.63, 3.8) is 0 Å². The molecule has 0 unspecified atom stereocenters. The third-order valence-electron chi connectivity index (χ3n) is 1.60. The second-order valence-corrected chi connectivity index (χ2v) is 2.23. The van der Waals surface area contributed by atoms with Crippen molar-refractivity contribution in [1.29, 1.82) is 0 Å². The molecule has 58 valence electrons. The Labute approximate surface area is 69.2 Å². The molecule has 0 radical (unpaired) electrons. The molecule has 2 rings (SSSR count). The van der Waals surface area contributed by atoms with Gasteiger partial charge in [0.15, 0.2) is 0 Å². The van der Waals surface area contributed by atoms with Crippen molar-refractivity contribution >= 4 is 16.9 Å². The van der Waals surface area contributed by atoms with Crippen molar-refractivity contribution in [2.45, 2.75) is 6.61 Å². The summed E-state index contributed by atoms with van der Waals surface area (Å²) in [5, 5.41) is 0. The lowest BCUT2D eigenvalue weighted by Gasteiger charge is -1.87. The SMILES string of the molecule is O=C1OCc2ccccc21.[SiH4]. The van der Waals surface area contributed by atoms with E-state index in [1.807, 2.05) is 18.2 Å². The maximum absolute atomic E-state index is 10.8. The highest BCUT2D eigenvalue weighted by Gasteiger charge is 2.18. The standard InChI is InChI=1S/C8H6O2.H4Si/c9-8-7-4-2-1-3-6(7)5-10-8;/h1-4H,5H2;1H4. The number of fused-ring (bicyclic) bond motifs is 1. The molecule has 1 aliphatic heterocycles. The van der Waals surface area contributed by atoms with Gasteiger partial charge in [0.2, 0.25) is 0 Å². The van der Waals surface area contributed by atoms with Crippen LogP contribution in [0.25, 0.3) is 0 Å². The highest BCUT2D eigenvalue weighted by atomic mass is 28.1. The number of cyclic esters (lactones) is 1. The normalized spacial score (nSPS) is 13.3. The molecule has 0 atom stereocenters. The van der Waals surface area contributed by atoms with Crippen LogP contribution in [0.5, 0.6) is 0 Å². The van der Waals surface area contributed by atoms with Gasteiger partial charge in [0.1, 0.15) is 6.61 Å². The van der Waals surface area contributed by atoms with E-state index in [0.717, 1.165) is 5.56 Å². The Morgan fingerprint density at radius 2 is 2.00 bits per heavy atom. The molecule has 0 amide bonds. The molecule has 0 aliphatic carbocycles. The first-order valence-corrected chi connectivity index (χ1v) is 3.13. The third-order valence-corrected chi connectivity index (χ3v) is 1.60. The van der Waals surface area contributed by atoms with Gasteiger partial charge in [-0.05, 0) is 17.0 Å². The summed E-state index contributed by atoms with van der Waals surface area (Å²) in [6.07, 6.45) is 0. The summed E-state index contributed by atoms with van der Waals surface area (Å²) in [5.74, 6) is -0.199. The van der Waals surface area contributed by atoms with Crippen LogP contribution >= 0.6 is 0 Å². The zero-order valence-electron chi connectivity index (χ0n) is 5.33. The van der Waals surface area contributed by atoms with E-state index in [1.54, 1.807) is 6.07 Å². The van der Waals surface area contributed by atoms with E-state index >= 15 is 0 Å². The van der Waals surface area contributed by atoms with Crippen molar-refractivity contribution in [3.8, 4) is 0 Å². The van der Waals surface area contributed by atoms with Crippen LogP contribution in [-0.4, -0.2) is 16.9 Å². The number of benzene rings is 1. The zero-order valence-corrected chi connectivity index (χ0v) is 5.33. The van der Waals surface area contributed by atoms with Crippen LogP contribution in [0.2, 0.25) is 0 Å². The second kappa shape index (κ2) is 2.88. The molecule has 0 spiro atoms. The fourth-order valence-electron chi connectivity index (χ4n) is 1.07. The molecule has 1 heterocycles. The zero-order chi connectivity index (χ0) is 6.97. The topological polar surface area (TPSA) is 26.3 Å². The van der Waals surface area contributed by atoms with E-state index in [4.69, 9.17) is 4.74 Å². The summed E-state index contributed by atoms with van der Waals surface area (Å²) in [6.45, 7) is 0.439. The number of ether oxygens (including phenoxy) is 1. The van der Waals surface area contributed by atoms with Gasteiger partial charge in [-0.2, -0.15) is 0 Å². The molecule has 1 aromatic rings. The quantitative estimate of drug-likeness (QED) is 0.397. The van der Waals surface area contributed by atoms with Crippen LogP contribution in [-0.2, 0) is 11.3 Å². The minimum atomic E-state index is -0.199. The van der Waals surface area contributed by atoms with Crippen LogP contribution in [0.4, 0.5) is 0 Å². The van der Waals surface area contributed by atoms with E-state index in [9.17, 15) is 4.79 Å². The highest BCUT2D eigenvalue weighted by Crippen LogP contribution is 2.17. The highest BCUT2D eigenvalue weighted by molar-refractivity contribution is 5.93. The fraction of sp³-hybridized carbons (Fsp3) is 0.125. The fourth-order valence-corrected chi connectivity index (χ4v) is 1.07. The molecule has 1 aliphatic rings. The molecule has 11 heavy (non-hydrogen) atoms. The third kappa shape index (κ3) is 1.19. The Kier molecular flexibility index (Phi) is 2.10. The largest absolute Gasteiger partial charge is 0.457 e. The van der Waals surface area contributed by atoms with Gasteiger partial charge in [-0.3, -0.25) is 0 Å². The summed E-state index contributed by atoms with van der Waals surface area (Å²) in [5.41, 5.74) is 1.70. The van der Waals surface area contributed by atoms with Gasteiger partial charge in [0, 0.05) is 5.56 Å². The first kappa shape index (κ1) is 8.01. The van der Waals surface area contributed by atoms with Gasteiger partial charge in [-0.15, -0.1) is 0 Å².